The first-order valence-corrected chi connectivity index (χ1v) is 7.00. The Bertz CT molecular complexity index is 466. The van der Waals surface area contributed by atoms with Gasteiger partial charge in [-0.15, -0.1) is 23.1 Å². The Balaban J connectivity index is 1.89. The van der Waals surface area contributed by atoms with Crippen molar-refractivity contribution in [3.63, 3.8) is 0 Å². The number of anilines is 1. The molecule has 1 heterocycles. The molecule has 0 saturated heterocycles. The molecule has 0 amide bonds. The zero-order valence-electron chi connectivity index (χ0n) is 9.14. The largest absolute Gasteiger partial charge is 0.398 e. The Morgan fingerprint density at radius 1 is 1.38 bits per heavy atom. The van der Waals surface area contributed by atoms with E-state index in [2.05, 4.69) is 18.0 Å². The molecule has 2 rings (SSSR count). The van der Waals surface area contributed by atoms with Crippen molar-refractivity contribution in [3.8, 4) is 0 Å². The summed E-state index contributed by atoms with van der Waals surface area (Å²) in [6, 6.07) is 8.00. The van der Waals surface area contributed by atoms with Crippen LogP contribution in [-0.2, 0) is 6.42 Å². The van der Waals surface area contributed by atoms with Crippen LogP contribution in [0.4, 0.5) is 5.69 Å². The predicted molar refractivity (Wildman–Crippen MR) is 72.1 cm³/mol. The summed E-state index contributed by atoms with van der Waals surface area (Å²) in [7, 11) is 0. The molecule has 0 saturated carbocycles. The van der Waals surface area contributed by atoms with E-state index in [1.54, 1.807) is 11.3 Å². The molecule has 4 heteroatoms. The number of nitrogens with zero attached hydrogens (tertiary/aromatic N) is 1. The van der Waals surface area contributed by atoms with Crippen molar-refractivity contribution < 1.29 is 0 Å². The van der Waals surface area contributed by atoms with Gasteiger partial charge in [-0.25, -0.2) is 4.98 Å². The van der Waals surface area contributed by atoms with Crippen LogP contribution in [-0.4, -0.2) is 10.7 Å². The number of hydrogen-bond donors (Lipinski definition) is 1. The van der Waals surface area contributed by atoms with Gasteiger partial charge in [-0.1, -0.05) is 12.1 Å². The van der Waals surface area contributed by atoms with Gasteiger partial charge in [0.25, 0.3) is 0 Å². The fourth-order valence-electron chi connectivity index (χ4n) is 1.43. The summed E-state index contributed by atoms with van der Waals surface area (Å²) in [5.74, 6) is 1.05. The molecule has 0 aliphatic heterocycles. The number of thiazole rings is 1. The van der Waals surface area contributed by atoms with Gasteiger partial charge in [0.15, 0.2) is 0 Å². The third-order valence-corrected chi connectivity index (χ3v) is 4.44. The molecule has 0 radical (unpaired) electrons. The molecule has 0 fully saturated rings. The fraction of sp³-hybridized carbons (Fsp3) is 0.250. The number of benzene rings is 1. The summed E-state index contributed by atoms with van der Waals surface area (Å²) in [5.41, 5.74) is 9.82. The maximum Gasteiger partial charge on any atom is 0.0797 e. The van der Waals surface area contributed by atoms with Gasteiger partial charge in [0.2, 0.25) is 0 Å². The van der Waals surface area contributed by atoms with Crippen molar-refractivity contribution in [2.24, 2.45) is 0 Å². The highest BCUT2D eigenvalue weighted by molar-refractivity contribution is 7.99. The van der Waals surface area contributed by atoms with Gasteiger partial charge in [0, 0.05) is 21.2 Å². The van der Waals surface area contributed by atoms with E-state index < -0.39 is 0 Å². The normalized spacial score (nSPS) is 10.6. The van der Waals surface area contributed by atoms with Crippen LogP contribution in [0.5, 0.6) is 0 Å². The second-order valence-corrected chi connectivity index (χ2v) is 5.57. The standard InChI is InChI=1S/C12H14N2S2/c1-9-11(16-8-14-9)6-7-15-12-5-3-2-4-10(12)13/h2-5,8H,6-7,13H2,1H3. The smallest absolute Gasteiger partial charge is 0.0797 e. The number of rotatable bonds is 4. The maximum absolute atomic E-state index is 5.88. The molecular formula is C12H14N2S2. The van der Waals surface area contributed by atoms with E-state index in [1.165, 1.54) is 9.77 Å². The van der Waals surface area contributed by atoms with Crippen LogP contribution in [0.2, 0.25) is 0 Å². The molecular weight excluding hydrogens is 236 g/mol. The van der Waals surface area contributed by atoms with E-state index in [-0.39, 0.29) is 0 Å². The zero-order valence-corrected chi connectivity index (χ0v) is 10.8. The van der Waals surface area contributed by atoms with E-state index in [1.807, 2.05) is 35.5 Å². The third kappa shape index (κ3) is 2.77. The number of nitrogen functional groups attached to an aromatic ring is 1. The molecule has 1 aromatic carbocycles. The second kappa shape index (κ2) is 5.37. The predicted octanol–water partition coefficient (Wildman–Crippen LogP) is 3.37. The lowest BCUT2D eigenvalue weighted by Gasteiger charge is -2.04. The number of para-hydroxylation sites is 1. The highest BCUT2D eigenvalue weighted by Crippen LogP contribution is 2.26. The number of hydrogen-bond acceptors (Lipinski definition) is 4. The first-order valence-electron chi connectivity index (χ1n) is 5.13. The molecule has 2 aromatic rings. The Labute approximate surface area is 104 Å². The Kier molecular flexibility index (Phi) is 3.85. The van der Waals surface area contributed by atoms with Crippen molar-refractivity contribution >= 4 is 28.8 Å². The van der Waals surface area contributed by atoms with Crippen molar-refractivity contribution in [2.75, 3.05) is 11.5 Å². The van der Waals surface area contributed by atoms with Crippen LogP contribution >= 0.6 is 23.1 Å². The minimum absolute atomic E-state index is 0.869. The average Bonchev–Trinajstić information content (AvgIpc) is 2.67. The quantitative estimate of drug-likeness (QED) is 0.668. The lowest BCUT2D eigenvalue weighted by molar-refractivity contribution is 1.12. The second-order valence-electron chi connectivity index (χ2n) is 3.50. The first-order chi connectivity index (χ1) is 7.77. The summed E-state index contributed by atoms with van der Waals surface area (Å²) < 4.78 is 0. The maximum atomic E-state index is 5.88. The topological polar surface area (TPSA) is 38.9 Å². The van der Waals surface area contributed by atoms with Crippen LogP contribution in [0, 0.1) is 6.92 Å². The van der Waals surface area contributed by atoms with Crippen LogP contribution < -0.4 is 5.73 Å². The van der Waals surface area contributed by atoms with Crippen LogP contribution in [0.1, 0.15) is 10.6 Å². The molecule has 2 N–H and O–H groups in total. The molecule has 16 heavy (non-hydrogen) atoms. The molecule has 84 valence electrons. The molecule has 0 atom stereocenters. The molecule has 0 aliphatic carbocycles. The Morgan fingerprint density at radius 3 is 2.88 bits per heavy atom. The van der Waals surface area contributed by atoms with Gasteiger partial charge in [-0.2, -0.15) is 0 Å². The Morgan fingerprint density at radius 2 is 2.19 bits per heavy atom. The minimum atomic E-state index is 0.869. The number of nitrogens with two attached hydrogens (primary N) is 1. The monoisotopic (exact) mass is 250 g/mol. The number of aryl methyl sites for hydroxylation is 2. The van der Waals surface area contributed by atoms with Crippen molar-refractivity contribution in [3.05, 3.63) is 40.3 Å². The third-order valence-electron chi connectivity index (χ3n) is 2.35. The van der Waals surface area contributed by atoms with E-state index in [9.17, 15) is 0 Å². The average molecular weight is 250 g/mol. The summed E-state index contributed by atoms with van der Waals surface area (Å²) >= 11 is 3.54. The first kappa shape index (κ1) is 11.5. The molecule has 0 aliphatic rings. The summed E-state index contributed by atoms with van der Waals surface area (Å²) in [5, 5.41) is 0. The molecule has 2 nitrogen and oxygen atoms in total. The fourth-order valence-corrected chi connectivity index (χ4v) is 3.28. The van der Waals surface area contributed by atoms with Crippen molar-refractivity contribution in [1.29, 1.82) is 0 Å². The van der Waals surface area contributed by atoms with Gasteiger partial charge < -0.3 is 5.73 Å². The highest BCUT2D eigenvalue weighted by Gasteiger charge is 2.03. The zero-order chi connectivity index (χ0) is 11.4. The number of thioether (sulfide) groups is 1. The van der Waals surface area contributed by atoms with Crippen molar-refractivity contribution in [2.45, 2.75) is 18.2 Å². The van der Waals surface area contributed by atoms with E-state index >= 15 is 0 Å². The summed E-state index contributed by atoms with van der Waals surface area (Å²) in [6.07, 6.45) is 1.06. The lowest BCUT2D eigenvalue weighted by Crippen LogP contribution is -1.91. The van der Waals surface area contributed by atoms with Crippen molar-refractivity contribution in [1.82, 2.24) is 4.98 Å². The van der Waals surface area contributed by atoms with Crippen LogP contribution in [0.3, 0.4) is 0 Å². The lowest BCUT2D eigenvalue weighted by atomic mass is 10.3. The van der Waals surface area contributed by atoms with E-state index in [4.69, 9.17) is 5.73 Å². The van der Waals surface area contributed by atoms with E-state index in [0.29, 0.717) is 0 Å². The highest BCUT2D eigenvalue weighted by atomic mass is 32.2. The van der Waals surface area contributed by atoms with Crippen LogP contribution in [0.15, 0.2) is 34.7 Å². The van der Waals surface area contributed by atoms with Crippen LogP contribution in [0.25, 0.3) is 0 Å². The summed E-state index contributed by atoms with van der Waals surface area (Å²) in [6.45, 7) is 2.06. The van der Waals surface area contributed by atoms with E-state index in [0.717, 1.165) is 23.6 Å². The van der Waals surface area contributed by atoms with Gasteiger partial charge in [-0.05, 0) is 25.5 Å². The molecule has 0 unspecified atom stereocenters. The van der Waals surface area contributed by atoms with Gasteiger partial charge in [-0.3, -0.25) is 0 Å². The molecule has 0 spiro atoms. The minimum Gasteiger partial charge on any atom is -0.398 e. The number of aromatic nitrogens is 1. The van der Waals surface area contributed by atoms with Gasteiger partial charge in [0.1, 0.15) is 0 Å². The molecule has 0 bridgehead atoms. The Hall–Kier alpha value is -1.00. The van der Waals surface area contributed by atoms with Gasteiger partial charge >= 0.3 is 0 Å². The molecule has 1 aromatic heterocycles. The summed E-state index contributed by atoms with van der Waals surface area (Å²) in [4.78, 5) is 6.79. The van der Waals surface area contributed by atoms with Gasteiger partial charge in [0.05, 0.1) is 11.2 Å². The SMILES string of the molecule is Cc1ncsc1CCSc1ccccc1N.